The molecule has 1 heterocycles. The highest BCUT2D eigenvalue weighted by Crippen LogP contribution is 2.22. The molecule has 1 saturated heterocycles. The number of hydrogen-bond acceptors (Lipinski definition) is 3. The molecular weight excluding hydrogens is 236 g/mol. The van der Waals surface area contributed by atoms with Crippen molar-refractivity contribution in [3.05, 3.63) is 24.3 Å². The largest absolute Gasteiger partial charge is 0.493 e. The van der Waals surface area contributed by atoms with Gasteiger partial charge in [-0.3, -0.25) is 4.90 Å². The molecule has 2 rings (SSSR count). The van der Waals surface area contributed by atoms with Crippen LogP contribution in [-0.2, 0) is 0 Å². The van der Waals surface area contributed by atoms with Crippen molar-refractivity contribution in [2.24, 2.45) is 0 Å². The standard InChI is InChI=1S/C16H26N2O/c1-13-6-3-7-14(2)18(13)10-5-11-19-16-9-4-8-15(17)12-16/h4,8-9,12-14H,3,5-7,10-11,17H2,1-2H3/t13-,14+. The molecule has 3 nitrogen and oxygen atoms in total. The molecule has 1 aliphatic rings. The van der Waals surface area contributed by atoms with Crippen molar-refractivity contribution in [3.63, 3.8) is 0 Å². The first kappa shape index (κ1) is 14.2. The van der Waals surface area contributed by atoms with E-state index in [0.29, 0.717) is 0 Å². The van der Waals surface area contributed by atoms with Crippen LogP contribution < -0.4 is 10.5 Å². The van der Waals surface area contributed by atoms with Gasteiger partial charge in [0.25, 0.3) is 0 Å². The number of ether oxygens (including phenoxy) is 1. The van der Waals surface area contributed by atoms with E-state index in [1.807, 2.05) is 24.3 Å². The number of hydrogen-bond donors (Lipinski definition) is 1. The van der Waals surface area contributed by atoms with Gasteiger partial charge in [0.2, 0.25) is 0 Å². The first-order valence-electron chi connectivity index (χ1n) is 7.41. The Bertz CT molecular complexity index is 384. The molecule has 106 valence electrons. The predicted octanol–water partition coefficient (Wildman–Crippen LogP) is 3.30. The Morgan fingerprint density at radius 3 is 2.68 bits per heavy atom. The van der Waals surface area contributed by atoms with Crippen LogP contribution in [0.1, 0.15) is 39.5 Å². The van der Waals surface area contributed by atoms with E-state index in [0.717, 1.165) is 43.1 Å². The van der Waals surface area contributed by atoms with Crippen molar-refractivity contribution in [3.8, 4) is 5.75 Å². The van der Waals surface area contributed by atoms with Gasteiger partial charge >= 0.3 is 0 Å². The lowest BCUT2D eigenvalue weighted by molar-refractivity contribution is 0.0961. The maximum atomic E-state index is 5.74. The summed E-state index contributed by atoms with van der Waals surface area (Å²) in [7, 11) is 0. The molecular formula is C16H26N2O. The van der Waals surface area contributed by atoms with E-state index in [1.165, 1.54) is 19.3 Å². The maximum absolute atomic E-state index is 5.74. The minimum absolute atomic E-state index is 0.719. The van der Waals surface area contributed by atoms with E-state index in [2.05, 4.69) is 18.7 Å². The highest BCUT2D eigenvalue weighted by atomic mass is 16.5. The van der Waals surface area contributed by atoms with Gasteiger partial charge in [-0.25, -0.2) is 0 Å². The van der Waals surface area contributed by atoms with E-state index in [4.69, 9.17) is 10.5 Å². The van der Waals surface area contributed by atoms with Gasteiger partial charge in [0.1, 0.15) is 5.75 Å². The third-order valence-electron chi connectivity index (χ3n) is 4.06. The van der Waals surface area contributed by atoms with Crippen LogP contribution in [0.5, 0.6) is 5.75 Å². The van der Waals surface area contributed by atoms with Gasteiger partial charge in [-0.05, 0) is 45.2 Å². The fraction of sp³-hybridized carbons (Fsp3) is 0.625. The quantitative estimate of drug-likeness (QED) is 0.653. The van der Waals surface area contributed by atoms with Gasteiger partial charge < -0.3 is 10.5 Å². The minimum atomic E-state index is 0.719. The second-order valence-electron chi connectivity index (χ2n) is 5.64. The SMILES string of the molecule is C[C@@H]1CCC[C@H](C)N1CCCOc1cccc(N)c1. The van der Waals surface area contributed by atoms with Crippen LogP contribution in [0.3, 0.4) is 0 Å². The Morgan fingerprint density at radius 1 is 1.26 bits per heavy atom. The zero-order chi connectivity index (χ0) is 13.7. The first-order valence-corrected chi connectivity index (χ1v) is 7.41. The average molecular weight is 262 g/mol. The lowest BCUT2D eigenvalue weighted by Crippen LogP contribution is -2.44. The molecule has 19 heavy (non-hydrogen) atoms. The molecule has 2 atom stereocenters. The monoisotopic (exact) mass is 262 g/mol. The number of piperidine rings is 1. The van der Waals surface area contributed by atoms with E-state index >= 15 is 0 Å². The number of benzene rings is 1. The van der Waals surface area contributed by atoms with Gasteiger partial charge in [-0.1, -0.05) is 12.5 Å². The zero-order valence-electron chi connectivity index (χ0n) is 12.1. The van der Waals surface area contributed by atoms with Crippen LogP contribution >= 0.6 is 0 Å². The number of rotatable bonds is 5. The normalized spacial score (nSPS) is 24.3. The van der Waals surface area contributed by atoms with Gasteiger partial charge in [0.05, 0.1) is 6.61 Å². The number of likely N-dealkylation sites (tertiary alicyclic amines) is 1. The molecule has 1 aromatic carbocycles. The van der Waals surface area contributed by atoms with Crippen LogP contribution in [0.4, 0.5) is 5.69 Å². The average Bonchev–Trinajstić information content (AvgIpc) is 2.37. The lowest BCUT2D eigenvalue weighted by atomic mass is 9.97. The van der Waals surface area contributed by atoms with Crippen LogP contribution in [0.15, 0.2) is 24.3 Å². The van der Waals surface area contributed by atoms with Crippen LogP contribution in [0, 0.1) is 0 Å². The maximum Gasteiger partial charge on any atom is 0.121 e. The van der Waals surface area contributed by atoms with E-state index in [-0.39, 0.29) is 0 Å². The topological polar surface area (TPSA) is 38.5 Å². The van der Waals surface area contributed by atoms with Crippen LogP contribution in [0.2, 0.25) is 0 Å². The fourth-order valence-corrected chi connectivity index (χ4v) is 2.96. The summed E-state index contributed by atoms with van der Waals surface area (Å²) in [4.78, 5) is 2.62. The summed E-state index contributed by atoms with van der Waals surface area (Å²) in [6.45, 7) is 6.58. The summed E-state index contributed by atoms with van der Waals surface area (Å²) in [5.74, 6) is 0.875. The van der Waals surface area contributed by atoms with Crippen molar-refractivity contribution in [2.75, 3.05) is 18.9 Å². The van der Waals surface area contributed by atoms with E-state index in [9.17, 15) is 0 Å². The molecule has 0 unspecified atom stereocenters. The van der Waals surface area contributed by atoms with Gasteiger partial charge in [0.15, 0.2) is 0 Å². The molecule has 0 spiro atoms. The third kappa shape index (κ3) is 4.13. The molecule has 0 saturated carbocycles. The summed E-state index contributed by atoms with van der Waals surface area (Å²) in [5.41, 5.74) is 6.49. The first-order chi connectivity index (χ1) is 9.16. The molecule has 0 amide bonds. The minimum Gasteiger partial charge on any atom is -0.493 e. The van der Waals surface area contributed by atoms with Crippen molar-refractivity contribution >= 4 is 5.69 Å². The Balaban J connectivity index is 1.71. The Labute approximate surface area is 116 Å². The number of nitrogen functional groups attached to an aromatic ring is 1. The van der Waals surface area contributed by atoms with Crippen LogP contribution in [-0.4, -0.2) is 30.1 Å². The second-order valence-corrected chi connectivity index (χ2v) is 5.64. The van der Waals surface area contributed by atoms with Gasteiger partial charge in [0, 0.05) is 30.4 Å². The van der Waals surface area contributed by atoms with Crippen molar-refractivity contribution in [1.82, 2.24) is 4.90 Å². The highest BCUT2D eigenvalue weighted by Gasteiger charge is 2.23. The Kier molecular flexibility index (Phi) is 5.08. The molecule has 2 N–H and O–H groups in total. The molecule has 0 radical (unpaired) electrons. The number of anilines is 1. The van der Waals surface area contributed by atoms with Crippen LogP contribution in [0.25, 0.3) is 0 Å². The van der Waals surface area contributed by atoms with Crippen molar-refractivity contribution in [1.29, 1.82) is 0 Å². The molecule has 0 aliphatic carbocycles. The number of nitrogens with zero attached hydrogens (tertiary/aromatic N) is 1. The molecule has 1 aliphatic heterocycles. The summed E-state index contributed by atoms with van der Waals surface area (Å²) < 4.78 is 5.74. The summed E-state index contributed by atoms with van der Waals surface area (Å²) in [6.07, 6.45) is 5.11. The molecule has 0 bridgehead atoms. The predicted molar refractivity (Wildman–Crippen MR) is 80.4 cm³/mol. The third-order valence-corrected chi connectivity index (χ3v) is 4.06. The zero-order valence-corrected chi connectivity index (χ0v) is 12.1. The van der Waals surface area contributed by atoms with Crippen molar-refractivity contribution in [2.45, 2.75) is 51.6 Å². The van der Waals surface area contributed by atoms with E-state index < -0.39 is 0 Å². The summed E-state index contributed by atoms with van der Waals surface area (Å²) >= 11 is 0. The van der Waals surface area contributed by atoms with Gasteiger partial charge in [-0.15, -0.1) is 0 Å². The lowest BCUT2D eigenvalue weighted by Gasteiger charge is -2.39. The summed E-state index contributed by atoms with van der Waals surface area (Å²) in [6, 6.07) is 9.09. The molecule has 3 heteroatoms. The molecule has 1 fully saturated rings. The smallest absolute Gasteiger partial charge is 0.121 e. The summed E-state index contributed by atoms with van der Waals surface area (Å²) in [5, 5.41) is 0. The van der Waals surface area contributed by atoms with Gasteiger partial charge in [-0.2, -0.15) is 0 Å². The Morgan fingerprint density at radius 2 is 2.00 bits per heavy atom. The van der Waals surface area contributed by atoms with E-state index in [1.54, 1.807) is 0 Å². The fourth-order valence-electron chi connectivity index (χ4n) is 2.96. The Hall–Kier alpha value is -1.22. The highest BCUT2D eigenvalue weighted by molar-refractivity contribution is 5.43. The number of nitrogens with two attached hydrogens (primary N) is 1. The molecule has 0 aromatic heterocycles. The second kappa shape index (κ2) is 6.80. The van der Waals surface area contributed by atoms with Crippen molar-refractivity contribution < 1.29 is 4.74 Å². The molecule has 1 aromatic rings.